The highest BCUT2D eigenvalue weighted by Crippen LogP contribution is 2.42. The van der Waals surface area contributed by atoms with Gasteiger partial charge < -0.3 is 0 Å². The number of hydrogen-bond acceptors (Lipinski definition) is 3. The van der Waals surface area contributed by atoms with E-state index in [1.807, 2.05) is 18.2 Å². The molecular weight excluding hydrogens is 404 g/mol. The highest BCUT2D eigenvalue weighted by molar-refractivity contribution is 7.92. The number of nitrogens with zero attached hydrogens (tertiary/aromatic N) is 1. The third-order valence-electron chi connectivity index (χ3n) is 7.16. The van der Waals surface area contributed by atoms with Gasteiger partial charge in [-0.3, -0.25) is 9.62 Å². The fourth-order valence-electron chi connectivity index (χ4n) is 5.01. The number of piperidine rings is 1. The summed E-state index contributed by atoms with van der Waals surface area (Å²) in [6.07, 6.45) is 2.22. The summed E-state index contributed by atoms with van der Waals surface area (Å²) in [5.41, 5.74) is 3.23. The molecule has 4 rings (SSSR count). The van der Waals surface area contributed by atoms with E-state index in [0.717, 1.165) is 19.5 Å². The van der Waals surface area contributed by atoms with E-state index in [4.69, 9.17) is 0 Å². The minimum atomic E-state index is -3.28. The third-order valence-corrected chi connectivity index (χ3v) is 7.77. The Balaban J connectivity index is 1.56. The van der Waals surface area contributed by atoms with E-state index in [9.17, 15) is 8.42 Å². The predicted molar refractivity (Wildman–Crippen MR) is 130 cm³/mol. The number of hydrogen-bond donors (Lipinski definition) is 1. The minimum absolute atomic E-state index is 0.00414. The molecule has 0 spiro atoms. The van der Waals surface area contributed by atoms with Gasteiger partial charge in [0.2, 0.25) is 10.0 Å². The molecule has 3 atom stereocenters. The second-order valence-electron chi connectivity index (χ2n) is 9.26. The number of fused-ring (bicyclic) bond motifs is 1. The van der Waals surface area contributed by atoms with Crippen LogP contribution in [0.5, 0.6) is 0 Å². The molecule has 3 aromatic carbocycles. The summed E-state index contributed by atoms with van der Waals surface area (Å²) in [7, 11) is -3.28. The Morgan fingerprint density at radius 3 is 2.52 bits per heavy atom. The van der Waals surface area contributed by atoms with Crippen LogP contribution in [0.1, 0.15) is 44.4 Å². The van der Waals surface area contributed by atoms with Gasteiger partial charge >= 0.3 is 0 Å². The van der Waals surface area contributed by atoms with Crippen molar-refractivity contribution in [2.24, 2.45) is 5.92 Å². The molecule has 0 amide bonds. The van der Waals surface area contributed by atoms with Crippen molar-refractivity contribution in [2.45, 2.75) is 38.6 Å². The van der Waals surface area contributed by atoms with Crippen LogP contribution < -0.4 is 4.72 Å². The quantitative estimate of drug-likeness (QED) is 0.569. The molecule has 1 N–H and O–H groups in total. The topological polar surface area (TPSA) is 49.4 Å². The maximum atomic E-state index is 11.7. The predicted octanol–water partition coefficient (Wildman–Crippen LogP) is 5.57. The van der Waals surface area contributed by atoms with Crippen molar-refractivity contribution in [1.82, 2.24) is 4.90 Å². The summed E-state index contributed by atoms with van der Waals surface area (Å²) in [6.45, 7) is 8.96. The first kappa shape index (κ1) is 21.8. The van der Waals surface area contributed by atoms with E-state index in [0.29, 0.717) is 17.6 Å². The van der Waals surface area contributed by atoms with E-state index in [2.05, 4.69) is 78.9 Å². The molecule has 4 nitrogen and oxygen atoms in total. The van der Waals surface area contributed by atoms with Crippen LogP contribution in [-0.2, 0) is 15.4 Å². The van der Waals surface area contributed by atoms with Crippen molar-refractivity contribution in [3.05, 3.63) is 77.9 Å². The van der Waals surface area contributed by atoms with Gasteiger partial charge in [0, 0.05) is 18.3 Å². The van der Waals surface area contributed by atoms with Gasteiger partial charge in [-0.25, -0.2) is 8.42 Å². The van der Waals surface area contributed by atoms with Gasteiger partial charge in [0.25, 0.3) is 0 Å². The van der Waals surface area contributed by atoms with Crippen molar-refractivity contribution in [2.75, 3.05) is 24.1 Å². The first-order valence-corrected chi connectivity index (χ1v) is 12.9. The van der Waals surface area contributed by atoms with Crippen LogP contribution >= 0.6 is 0 Å². The lowest BCUT2D eigenvalue weighted by atomic mass is 9.67. The monoisotopic (exact) mass is 436 g/mol. The average Bonchev–Trinajstić information content (AvgIpc) is 2.74. The molecule has 0 radical (unpaired) electrons. The fraction of sp³-hybridized carbons (Fsp3) is 0.385. The van der Waals surface area contributed by atoms with Gasteiger partial charge in [0.15, 0.2) is 0 Å². The van der Waals surface area contributed by atoms with Crippen molar-refractivity contribution in [3.63, 3.8) is 0 Å². The first-order chi connectivity index (χ1) is 14.7. The zero-order valence-electron chi connectivity index (χ0n) is 18.8. The summed E-state index contributed by atoms with van der Waals surface area (Å²) in [6, 6.07) is 23.5. The molecule has 0 aliphatic carbocycles. The molecule has 0 aromatic heterocycles. The Bertz CT molecular complexity index is 1190. The second kappa shape index (κ2) is 8.29. The van der Waals surface area contributed by atoms with E-state index in [1.165, 1.54) is 28.2 Å². The molecule has 0 bridgehead atoms. The molecule has 1 aliphatic rings. The number of likely N-dealkylation sites (tertiary alicyclic amines) is 1. The van der Waals surface area contributed by atoms with Crippen molar-refractivity contribution >= 4 is 26.5 Å². The average molecular weight is 437 g/mol. The van der Waals surface area contributed by atoms with Crippen LogP contribution in [0, 0.1) is 5.92 Å². The van der Waals surface area contributed by atoms with Gasteiger partial charge in [0.1, 0.15) is 0 Å². The highest BCUT2D eigenvalue weighted by Gasteiger charge is 2.39. The molecule has 0 saturated carbocycles. The van der Waals surface area contributed by atoms with Gasteiger partial charge in [-0.15, -0.1) is 0 Å². The molecule has 5 heteroatoms. The first-order valence-electron chi connectivity index (χ1n) is 11.0. The maximum Gasteiger partial charge on any atom is 0.229 e. The fourth-order valence-corrected chi connectivity index (χ4v) is 5.57. The van der Waals surface area contributed by atoms with E-state index < -0.39 is 10.0 Å². The minimum Gasteiger partial charge on any atom is -0.296 e. The Kier molecular flexibility index (Phi) is 5.84. The summed E-state index contributed by atoms with van der Waals surface area (Å²) < 4.78 is 25.9. The SMILES string of the molecule is CC(c1cccc2ccccc12)N1CCC(C)(c2cccc(NS(C)(=O)=O)c2)C(C)C1. The number of benzene rings is 3. The molecule has 31 heavy (non-hydrogen) atoms. The Labute approximate surface area is 186 Å². The molecule has 1 saturated heterocycles. The van der Waals surface area contributed by atoms with Gasteiger partial charge in [-0.1, -0.05) is 68.4 Å². The van der Waals surface area contributed by atoms with E-state index in [-0.39, 0.29) is 5.41 Å². The zero-order chi connectivity index (χ0) is 22.2. The summed E-state index contributed by atoms with van der Waals surface area (Å²) in [5.74, 6) is 0.437. The molecular formula is C26H32N2O2S. The molecule has 1 heterocycles. The van der Waals surface area contributed by atoms with Crippen LogP contribution in [0.2, 0.25) is 0 Å². The van der Waals surface area contributed by atoms with E-state index in [1.54, 1.807) is 0 Å². The van der Waals surface area contributed by atoms with Gasteiger partial charge in [0.05, 0.1) is 6.26 Å². The van der Waals surface area contributed by atoms with Gasteiger partial charge in [-0.05, 0) is 65.3 Å². The van der Waals surface area contributed by atoms with Crippen LogP contribution in [0.15, 0.2) is 66.7 Å². The van der Waals surface area contributed by atoms with Crippen LogP contribution in [-0.4, -0.2) is 32.7 Å². The maximum absolute atomic E-state index is 11.7. The number of rotatable bonds is 5. The lowest BCUT2D eigenvalue weighted by molar-refractivity contribution is 0.0812. The molecule has 1 aliphatic heterocycles. The van der Waals surface area contributed by atoms with Crippen molar-refractivity contribution in [3.8, 4) is 0 Å². The number of nitrogens with one attached hydrogen (secondary N) is 1. The lowest BCUT2D eigenvalue weighted by Gasteiger charge is -2.47. The summed E-state index contributed by atoms with van der Waals surface area (Å²) >= 11 is 0. The molecule has 164 valence electrons. The molecule has 3 unspecified atom stereocenters. The lowest BCUT2D eigenvalue weighted by Crippen LogP contribution is -2.48. The standard InChI is InChI=1S/C26H32N2O2S/c1-19-18-28(20(2)24-14-7-10-21-9-5-6-13-25(21)24)16-15-26(19,3)22-11-8-12-23(17-22)27-31(4,29)30/h5-14,17,19-20,27H,15-16,18H2,1-4H3. The Morgan fingerprint density at radius 1 is 1.06 bits per heavy atom. The smallest absolute Gasteiger partial charge is 0.229 e. The van der Waals surface area contributed by atoms with Crippen LogP contribution in [0.4, 0.5) is 5.69 Å². The largest absolute Gasteiger partial charge is 0.296 e. The van der Waals surface area contributed by atoms with Crippen LogP contribution in [0.3, 0.4) is 0 Å². The summed E-state index contributed by atoms with van der Waals surface area (Å²) in [4.78, 5) is 2.59. The molecule has 1 fully saturated rings. The Morgan fingerprint density at radius 2 is 1.77 bits per heavy atom. The van der Waals surface area contributed by atoms with E-state index >= 15 is 0 Å². The Hall–Kier alpha value is -2.37. The summed E-state index contributed by atoms with van der Waals surface area (Å²) in [5, 5.41) is 2.62. The third kappa shape index (κ3) is 4.48. The van der Waals surface area contributed by atoms with Crippen molar-refractivity contribution in [1.29, 1.82) is 0 Å². The molecule has 3 aromatic rings. The van der Waals surface area contributed by atoms with Gasteiger partial charge in [-0.2, -0.15) is 0 Å². The van der Waals surface area contributed by atoms with Crippen LogP contribution in [0.25, 0.3) is 10.8 Å². The number of anilines is 1. The second-order valence-corrected chi connectivity index (χ2v) is 11.0. The van der Waals surface area contributed by atoms with Crippen molar-refractivity contribution < 1.29 is 8.42 Å². The highest BCUT2D eigenvalue weighted by atomic mass is 32.2. The normalized spacial score (nSPS) is 23.5. The zero-order valence-corrected chi connectivity index (χ0v) is 19.6. The number of sulfonamides is 1.